The molecule has 0 atom stereocenters. The van der Waals surface area contributed by atoms with Crippen LogP contribution in [0.5, 0.6) is 0 Å². The molecule has 0 saturated heterocycles. The van der Waals surface area contributed by atoms with Gasteiger partial charge in [0.05, 0.1) is 6.20 Å². The van der Waals surface area contributed by atoms with E-state index in [1.807, 2.05) is 32.0 Å². The van der Waals surface area contributed by atoms with Crippen molar-refractivity contribution in [3.05, 3.63) is 59.7 Å². The van der Waals surface area contributed by atoms with Gasteiger partial charge in [0.15, 0.2) is 5.95 Å². The van der Waals surface area contributed by atoms with Crippen LogP contribution in [0.4, 0.5) is 15.9 Å². The Kier molecular flexibility index (Phi) is 2.71. The lowest BCUT2D eigenvalue weighted by molar-refractivity contribution is 0.568. The second-order valence-electron chi connectivity index (χ2n) is 4.59. The molecule has 0 bridgehead atoms. The van der Waals surface area contributed by atoms with Gasteiger partial charge in [-0.2, -0.15) is 4.39 Å². The minimum Gasteiger partial charge on any atom is -0.338 e. The molecular formula is C15H14FN3. The van der Waals surface area contributed by atoms with E-state index in [0.29, 0.717) is 11.5 Å². The normalized spacial score (nSPS) is 10.9. The van der Waals surface area contributed by atoms with Crippen LogP contribution in [-0.2, 0) is 0 Å². The zero-order valence-electron chi connectivity index (χ0n) is 10.8. The van der Waals surface area contributed by atoms with Gasteiger partial charge in [0.1, 0.15) is 11.5 Å². The number of imidazole rings is 1. The summed E-state index contributed by atoms with van der Waals surface area (Å²) in [5, 5.41) is 3.26. The molecule has 0 radical (unpaired) electrons. The SMILES string of the molecule is Cc1cccc(C)c1Nc1cn2c(F)cccc2n1. The van der Waals surface area contributed by atoms with E-state index in [4.69, 9.17) is 0 Å². The molecule has 19 heavy (non-hydrogen) atoms. The zero-order chi connectivity index (χ0) is 13.4. The van der Waals surface area contributed by atoms with E-state index in [1.165, 1.54) is 10.5 Å². The minimum atomic E-state index is -0.320. The molecule has 0 aliphatic rings. The van der Waals surface area contributed by atoms with Crippen LogP contribution in [0.3, 0.4) is 0 Å². The second-order valence-corrected chi connectivity index (χ2v) is 4.59. The second kappa shape index (κ2) is 4.39. The van der Waals surface area contributed by atoms with Crippen molar-refractivity contribution in [3.8, 4) is 0 Å². The molecule has 1 aromatic carbocycles. The fourth-order valence-corrected chi connectivity index (χ4v) is 2.18. The summed E-state index contributed by atoms with van der Waals surface area (Å²) in [6.45, 7) is 4.07. The maximum Gasteiger partial charge on any atom is 0.199 e. The molecule has 0 unspecified atom stereocenters. The third-order valence-corrected chi connectivity index (χ3v) is 3.18. The molecule has 1 N–H and O–H groups in total. The minimum absolute atomic E-state index is 0.320. The molecule has 2 heterocycles. The molecular weight excluding hydrogens is 241 g/mol. The molecule has 4 heteroatoms. The lowest BCUT2D eigenvalue weighted by Gasteiger charge is -2.09. The Balaban J connectivity index is 2.04. The summed E-state index contributed by atoms with van der Waals surface area (Å²) in [5.41, 5.74) is 3.88. The van der Waals surface area contributed by atoms with Gasteiger partial charge in [-0.25, -0.2) is 4.98 Å². The average molecular weight is 255 g/mol. The van der Waals surface area contributed by atoms with Gasteiger partial charge >= 0.3 is 0 Å². The number of anilines is 2. The van der Waals surface area contributed by atoms with Gasteiger partial charge in [-0.15, -0.1) is 0 Å². The number of para-hydroxylation sites is 1. The van der Waals surface area contributed by atoms with Gasteiger partial charge in [0, 0.05) is 5.69 Å². The summed E-state index contributed by atoms with van der Waals surface area (Å²) in [6, 6.07) is 10.9. The highest BCUT2D eigenvalue weighted by molar-refractivity contribution is 5.65. The molecule has 0 saturated carbocycles. The summed E-state index contributed by atoms with van der Waals surface area (Å²) < 4.78 is 15.0. The standard InChI is InChI=1S/C15H14FN3/c1-10-5-3-6-11(2)15(10)18-13-9-19-12(16)7-4-8-14(19)17-13/h3-9,18H,1-2H3. The first kappa shape index (κ1) is 11.7. The Morgan fingerprint density at radius 1 is 1.05 bits per heavy atom. The van der Waals surface area contributed by atoms with E-state index in [1.54, 1.807) is 18.3 Å². The van der Waals surface area contributed by atoms with E-state index in [2.05, 4.69) is 10.3 Å². The monoisotopic (exact) mass is 255 g/mol. The zero-order valence-corrected chi connectivity index (χ0v) is 10.8. The first-order valence-corrected chi connectivity index (χ1v) is 6.12. The number of nitrogens with one attached hydrogen (secondary N) is 1. The molecule has 0 spiro atoms. The van der Waals surface area contributed by atoms with Crippen molar-refractivity contribution in [3.63, 3.8) is 0 Å². The first-order valence-electron chi connectivity index (χ1n) is 6.12. The van der Waals surface area contributed by atoms with E-state index < -0.39 is 0 Å². The number of nitrogens with zero attached hydrogens (tertiary/aromatic N) is 2. The third kappa shape index (κ3) is 2.05. The fourth-order valence-electron chi connectivity index (χ4n) is 2.18. The van der Waals surface area contributed by atoms with Crippen molar-refractivity contribution in [2.45, 2.75) is 13.8 Å². The van der Waals surface area contributed by atoms with Crippen LogP contribution < -0.4 is 5.32 Å². The number of fused-ring (bicyclic) bond motifs is 1. The van der Waals surface area contributed by atoms with Crippen molar-refractivity contribution in [1.82, 2.24) is 9.38 Å². The predicted molar refractivity (Wildman–Crippen MR) is 74.3 cm³/mol. The van der Waals surface area contributed by atoms with Crippen molar-refractivity contribution in [1.29, 1.82) is 0 Å². The predicted octanol–water partition coefficient (Wildman–Crippen LogP) is 3.83. The highest BCUT2D eigenvalue weighted by Gasteiger charge is 2.07. The summed E-state index contributed by atoms with van der Waals surface area (Å²) in [7, 11) is 0. The molecule has 0 amide bonds. The molecule has 3 rings (SSSR count). The van der Waals surface area contributed by atoms with Gasteiger partial charge in [-0.3, -0.25) is 4.40 Å². The van der Waals surface area contributed by atoms with Crippen LogP contribution in [0.1, 0.15) is 11.1 Å². The molecule has 3 aromatic rings. The number of aromatic nitrogens is 2. The summed E-state index contributed by atoms with van der Waals surface area (Å²) >= 11 is 0. The number of hydrogen-bond donors (Lipinski definition) is 1. The van der Waals surface area contributed by atoms with Crippen LogP contribution in [-0.4, -0.2) is 9.38 Å². The molecule has 0 aliphatic carbocycles. The Hall–Kier alpha value is -2.36. The van der Waals surface area contributed by atoms with Crippen LogP contribution in [0, 0.1) is 19.8 Å². The molecule has 0 aliphatic heterocycles. The van der Waals surface area contributed by atoms with Gasteiger partial charge < -0.3 is 5.32 Å². The topological polar surface area (TPSA) is 29.3 Å². The smallest absolute Gasteiger partial charge is 0.199 e. The number of pyridine rings is 1. The van der Waals surface area contributed by atoms with Gasteiger partial charge in [0.2, 0.25) is 0 Å². The molecule has 2 aromatic heterocycles. The molecule has 0 fully saturated rings. The Bertz CT molecular complexity index is 726. The average Bonchev–Trinajstić information content (AvgIpc) is 2.78. The maximum atomic E-state index is 13.6. The number of rotatable bonds is 2. The summed E-state index contributed by atoms with van der Waals surface area (Å²) in [6.07, 6.45) is 1.66. The highest BCUT2D eigenvalue weighted by atomic mass is 19.1. The molecule has 96 valence electrons. The van der Waals surface area contributed by atoms with Crippen molar-refractivity contribution in [2.24, 2.45) is 0 Å². The third-order valence-electron chi connectivity index (χ3n) is 3.18. The van der Waals surface area contributed by atoms with E-state index in [0.717, 1.165) is 16.8 Å². The van der Waals surface area contributed by atoms with Gasteiger partial charge in [-0.05, 0) is 37.1 Å². The fraction of sp³-hybridized carbons (Fsp3) is 0.133. The van der Waals surface area contributed by atoms with Crippen molar-refractivity contribution >= 4 is 17.2 Å². The van der Waals surface area contributed by atoms with Gasteiger partial charge in [-0.1, -0.05) is 24.3 Å². The number of benzene rings is 1. The van der Waals surface area contributed by atoms with Crippen LogP contribution in [0.25, 0.3) is 5.65 Å². The molecule has 3 nitrogen and oxygen atoms in total. The Morgan fingerprint density at radius 3 is 2.42 bits per heavy atom. The lowest BCUT2D eigenvalue weighted by Crippen LogP contribution is -1.95. The largest absolute Gasteiger partial charge is 0.338 e. The first-order chi connectivity index (χ1) is 9.15. The number of hydrogen-bond acceptors (Lipinski definition) is 2. The Morgan fingerprint density at radius 2 is 1.74 bits per heavy atom. The van der Waals surface area contributed by atoms with Crippen LogP contribution in [0.15, 0.2) is 42.6 Å². The van der Waals surface area contributed by atoms with Gasteiger partial charge in [0.25, 0.3) is 0 Å². The van der Waals surface area contributed by atoms with Crippen molar-refractivity contribution < 1.29 is 4.39 Å². The highest BCUT2D eigenvalue weighted by Crippen LogP contribution is 2.24. The lowest BCUT2D eigenvalue weighted by atomic mass is 10.1. The number of aryl methyl sites for hydroxylation is 2. The summed E-state index contributed by atoms with van der Waals surface area (Å²) in [4.78, 5) is 4.36. The Labute approximate surface area is 110 Å². The quantitative estimate of drug-likeness (QED) is 0.705. The summed E-state index contributed by atoms with van der Waals surface area (Å²) in [5.74, 6) is 0.321. The van der Waals surface area contributed by atoms with E-state index in [-0.39, 0.29) is 5.95 Å². The maximum absolute atomic E-state index is 13.6. The van der Waals surface area contributed by atoms with Crippen LogP contribution >= 0.6 is 0 Å². The van der Waals surface area contributed by atoms with E-state index >= 15 is 0 Å². The number of halogens is 1. The van der Waals surface area contributed by atoms with E-state index in [9.17, 15) is 4.39 Å². The van der Waals surface area contributed by atoms with Crippen LogP contribution in [0.2, 0.25) is 0 Å². The van der Waals surface area contributed by atoms with Crippen molar-refractivity contribution in [2.75, 3.05) is 5.32 Å².